The number of carbonyl (C=O) groups is 1. The number of quaternary nitrogens is 1. The SMILES string of the molecule is Cc1ccc([C@@H](c2sc3nc(C)nn3c2O)[NH+]2CCC(C(N)=O)CC2)cc1. The number of aromatic hydroxyl groups is 1. The number of amides is 1. The van der Waals surface area contributed by atoms with Crippen molar-refractivity contribution in [2.45, 2.75) is 32.7 Å². The van der Waals surface area contributed by atoms with Gasteiger partial charge in [0.15, 0.2) is 6.04 Å². The minimum absolute atomic E-state index is 0.0202. The predicted octanol–water partition coefficient (Wildman–Crippen LogP) is 0.983. The zero-order chi connectivity index (χ0) is 19.1. The van der Waals surface area contributed by atoms with Gasteiger partial charge in [0.1, 0.15) is 10.7 Å². The molecule has 0 bridgehead atoms. The molecule has 1 amide bonds. The average molecular weight is 387 g/mol. The number of nitrogens with two attached hydrogens (primary N) is 1. The summed E-state index contributed by atoms with van der Waals surface area (Å²) in [5.41, 5.74) is 7.84. The van der Waals surface area contributed by atoms with Gasteiger partial charge in [0.05, 0.1) is 13.1 Å². The van der Waals surface area contributed by atoms with Crippen LogP contribution >= 0.6 is 11.3 Å². The van der Waals surface area contributed by atoms with E-state index in [9.17, 15) is 9.90 Å². The Hall–Kier alpha value is -2.45. The van der Waals surface area contributed by atoms with E-state index in [-0.39, 0.29) is 23.7 Å². The molecule has 0 aliphatic carbocycles. The van der Waals surface area contributed by atoms with Crippen molar-refractivity contribution in [2.75, 3.05) is 13.1 Å². The largest absolute Gasteiger partial charge is 0.492 e. The van der Waals surface area contributed by atoms with Crippen LogP contribution in [0.25, 0.3) is 4.96 Å². The molecule has 4 rings (SSSR count). The molecular weight excluding hydrogens is 362 g/mol. The van der Waals surface area contributed by atoms with Crippen molar-refractivity contribution in [3.05, 3.63) is 46.1 Å². The highest BCUT2D eigenvalue weighted by Gasteiger charge is 2.36. The summed E-state index contributed by atoms with van der Waals surface area (Å²) in [6.07, 6.45) is 1.54. The first kappa shape index (κ1) is 17.9. The quantitative estimate of drug-likeness (QED) is 0.623. The van der Waals surface area contributed by atoms with Gasteiger partial charge >= 0.3 is 0 Å². The van der Waals surface area contributed by atoms with Crippen LogP contribution in [0.2, 0.25) is 0 Å². The summed E-state index contributed by atoms with van der Waals surface area (Å²) < 4.78 is 1.52. The zero-order valence-corrected chi connectivity index (χ0v) is 16.3. The molecule has 142 valence electrons. The molecule has 1 fully saturated rings. The lowest BCUT2D eigenvalue weighted by atomic mass is 9.93. The Bertz CT molecular complexity index is 970. The highest BCUT2D eigenvalue weighted by Crippen LogP contribution is 2.35. The van der Waals surface area contributed by atoms with E-state index in [4.69, 9.17) is 5.73 Å². The van der Waals surface area contributed by atoms with Gasteiger partial charge in [-0.15, -0.1) is 5.10 Å². The van der Waals surface area contributed by atoms with Crippen LogP contribution in [0.1, 0.15) is 40.7 Å². The molecular formula is C19H24N5O2S+. The molecule has 0 spiro atoms. The molecule has 8 heteroatoms. The summed E-state index contributed by atoms with van der Waals surface area (Å²) in [6, 6.07) is 8.40. The van der Waals surface area contributed by atoms with Gasteiger partial charge in [0.2, 0.25) is 16.7 Å². The van der Waals surface area contributed by atoms with E-state index < -0.39 is 0 Å². The monoisotopic (exact) mass is 386 g/mol. The Morgan fingerprint density at radius 3 is 2.56 bits per heavy atom. The maximum absolute atomic E-state index is 11.5. The maximum atomic E-state index is 11.5. The third kappa shape index (κ3) is 3.30. The van der Waals surface area contributed by atoms with Crippen LogP contribution in [0.15, 0.2) is 24.3 Å². The minimum Gasteiger partial charge on any atom is -0.492 e. The third-order valence-corrected chi connectivity index (χ3v) is 6.50. The van der Waals surface area contributed by atoms with Gasteiger partial charge in [-0.3, -0.25) is 4.79 Å². The summed E-state index contributed by atoms with van der Waals surface area (Å²) in [5, 5.41) is 15.1. The number of hydrogen-bond acceptors (Lipinski definition) is 5. The van der Waals surface area contributed by atoms with Gasteiger partial charge in [0.25, 0.3) is 0 Å². The lowest BCUT2D eigenvalue weighted by Crippen LogP contribution is -3.13. The Kier molecular flexibility index (Phi) is 4.61. The number of nitrogens with zero attached hydrogens (tertiary/aromatic N) is 3. The van der Waals surface area contributed by atoms with Gasteiger partial charge < -0.3 is 15.7 Å². The fourth-order valence-electron chi connectivity index (χ4n) is 3.93. The first-order valence-corrected chi connectivity index (χ1v) is 10.0. The summed E-state index contributed by atoms with van der Waals surface area (Å²) in [4.78, 5) is 18.8. The van der Waals surface area contributed by atoms with E-state index in [2.05, 4.69) is 41.3 Å². The fourth-order valence-corrected chi connectivity index (χ4v) is 5.12. The van der Waals surface area contributed by atoms with Crippen LogP contribution in [0.4, 0.5) is 0 Å². The second-order valence-corrected chi connectivity index (χ2v) is 8.33. The summed E-state index contributed by atoms with van der Waals surface area (Å²) >= 11 is 1.48. The highest BCUT2D eigenvalue weighted by molar-refractivity contribution is 7.17. The van der Waals surface area contributed by atoms with Crippen molar-refractivity contribution in [3.63, 3.8) is 0 Å². The number of aromatic nitrogens is 3. The average Bonchev–Trinajstić information content (AvgIpc) is 3.15. The van der Waals surface area contributed by atoms with Gasteiger partial charge in [-0.2, -0.15) is 4.52 Å². The molecule has 2 aromatic heterocycles. The molecule has 7 nitrogen and oxygen atoms in total. The van der Waals surface area contributed by atoms with Crippen molar-refractivity contribution < 1.29 is 14.8 Å². The van der Waals surface area contributed by atoms with Crippen molar-refractivity contribution >= 4 is 22.2 Å². The number of carbonyl (C=O) groups excluding carboxylic acids is 1. The number of rotatable bonds is 4. The van der Waals surface area contributed by atoms with Crippen LogP contribution in [0, 0.1) is 19.8 Å². The van der Waals surface area contributed by atoms with Gasteiger partial charge in [-0.1, -0.05) is 41.2 Å². The van der Waals surface area contributed by atoms with Crippen molar-refractivity contribution in [3.8, 4) is 5.88 Å². The highest BCUT2D eigenvalue weighted by atomic mass is 32.1. The molecule has 1 aliphatic rings. The molecule has 0 saturated carbocycles. The van der Waals surface area contributed by atoms with Crippen molar-refractivity contribution in [2.24, 2.45) is 11.7 Å². The third-order valence-electron chi connectivity index (χ3n) is 5.42. The van der Waals surface area contributed by atoms with Crippen LogP contribution in [-0.4, -0.2) is 38.7 Å². The molecule has 4 N–H and O–H groups in total. The molecule has 0 unspecified atom stereocenters. The Labute approximate surface area is 161 Å². The van der Waals surface area contributed by atoms with E-state index in [0.29, 0.717) is 10.8 Å². The summed E-state index contributed by atoms with van der Waals surface area (Å²) in [5.74, 6) is 0.541. The predicted molar refractivity (Wildman–Crippen MR) is 103 cm³/mol. The number of aryl methyl sites for hydroxylation is 2. The number of primary amides is 1. The van der Waals surface area contributed by atoms with Crippen molar-refractivity contribution in [1.29, 1.82) is 0 Å². The number of piperidine rings is 1. The molecule has 1 aromatic carbocycles. The smallest absolute Gasteiger partial charge is 0.235 e. The Balaban J connectivity index is 1.74. The van der Waals surface area contributed by atoms with E-state index >= 15 is 0 Å². The number of likely N-dealkylation sites (tertiary alicyclic amines) is 1. The van der Waals surface area contributed by atoms with Crippen molar-refractivity contribution in [1.82, 2.24) is 14.6 Å². The van der Waals surface area contributed by atoms with Gasteiger partial charge in [-0.05, 0) is 13.8 Å². The lowest BCUT2D eigenvalue weighted by molar-refractivity contribution is -0.930. The summed E-state index contributed by atoms with van der Waals surface area (Å²) in [7, 11) is 0. The molecule has 1 saturated heterocycles. The Morgan fingerprint density at radius 1 is 1.30 bits per heavy atom. The molecule has 1 aliphatic heterocycles. The number of hydrogen-bond donors (Lipinski definition) is 3. The van der Waals surface area contributed by atoms with Gasteiger partial charge in [-0.25, -0.2) is 4.98 Å². The van der Waals surface area contributed by atoms with Gasteiger partial charge in [0, 0.05) is 24.3 Å². The topological polar surface area (TPSA) is 97.9 Å². The van der Waals surface area contributed by atoms with Crippen LogP contribution in [0.3, 0.4) is 0 Å². The minimum atomic E-state index is -0.210. The van der Waals surface area contributed by atoms with E-state index in [1.165, 1.54) is 26.3 Å². The van der Waals surface area contributed by atoms with E-state index in [1.807, 2.05) is 6.92 Å². The lowest BCUT2D eigenvalue weighted by Gasteiger charge is -2.33. The maximum Gasteiger partial charge on any atom is 0.235 e. The molecule has 1 atom stereocenters. The number of nitrogens with one attached hydrogen (secondary N) is 1. The van der Waals surface area contributed by atoms with Crippen LogP contribution in [-0.2, 0) is 4.79 Å². The zero-order valence-electron chi connectivity index (χ0n) is 15.5. The van der Waals surface area contributed by atoms with Crippen LogP contribution < -0.4 is 10.6 Å². The van der Waals surface area contributed by atoms with Crippen LogP contribution in [0.5, 0.6) is 5.88 Å². The second kappa shape index (κ2) is 6.94. The number of benzene rings is 1. The standard InChI is InChI=1S/C19H23N5O2S/c1-11-3-5-13(6-4-11)15(23-9-7-14(8-10-23)17(20)25)16-18(26)24-19(27-16)21-12(2)22-24/h3-6,14-15,26H,7-10H2,1-2H3,(H2,20,25)/p+1/t15-/m0/s1. The molecule has 3 aromatic rings. The fraction of sp³-hybridized carbons (Fsp3) is 0.421. The number of thiazole rings is 1. The summed E-state index contributed by atoms with van der Waals surface area (Å²) in [6.45, 7) is 5.54. The van der Waals surface area contributed by atoms with E-state index in [0.717, 1.165) is 36.4 Å². The molecule has 0 radical (unpaired) electrons. The molecule has 27 heavy (non-hydrogen) atoms. The first-order chi connectivity index (χ1) is 12.9. The normalized spacial score (nSPS) is 21.4. The molecule has 3 heterocycles. The number of fused-ring (bicyclic) bond motifs is 1. The second-order valence-electron chi connectivity index (χ2n) is 7.32. The van der Waals surface area contributed by atoms with E-state index in [1.54, 1.807) is 0 Å². The first-order valence-electron chi connectivity index (χ1n) is 9.19. The Morgan fingerprint density at radius 2 is 1.96 bits per heavy atom.